The van der Waals surface area contributed by atoms with Gasteiger partial charge >= 0.3 is 0 Å². The Morgan fingerprint density at radius 1 is 1.75 bits per heavy atom. The van der Waals surface area contributed by atoms with Crippen molar-refractivity contribution in [3.05, 3.63) is 16.5 Å². The molecule has 0 radical (unpaired) electrons. The van der Waals surface area contributed by atoms with Gasteiger partial charge in [-0.15, -0.1) is 11.3 Å². The van der Waals surface area contributed by atoms with Crippen LogP contribution in [0.25, 0.3) is 0 Å². The summed E-state index contributed by atoms with van der Waals surface area (Å²) < 4.78 is 5.35. The smallest absolute Gasteiger partial charge is 0.254 e. The van der Waals surface area contributed by atoms with Crippen LogP contribution in [-0.2, 0) is 4.74 Å². The lowest BCUT2D eigenvalue weighted by atomic mass is 9.97. The second-order valence-corrected chi connectivity index (χ2v) is 4.76. The van der Waals surface area contributed by atoms with Crippen LogP contribution in [0.5, 0.6) is 0 Å². The van der Waals surface area contributed by atoms with Crippen LogP contribution in [0.1, 0.15) is 35.2 Å². The highest BCUT2D eigenvalue weighted by molar-refractivity contribution is 7.14. The Kier molecular flexibility index (Phi) is 3.46. The molecule has 0 spiro atoms. The Hall–Kier alpha value is -1.07. The van der Waals surface area contributed by atoms with E-state index >= 15 is 0 Å². The lowest BCUT2D eigenvalue weighted by molar-refractivity contribution is 0.0955. The van der Waals surface area contributed by atoms with Gasteiger partial charge in [-0.25, -0.2) is 0 Å². The molecule has 4 nitrogen and oxygen atoms in total. The molecule has 1 aromatic heterocycles. The number of hydrogen-bond acceptors (Lipinski definition) is 4. The van der Waals surface area contributed by atoms with E-state index in [9.17, 15) is 4.79 Å². The second kappa shape index (κ2) is 4.84. The van der Waals surface area contributed by atoms with E-state index in [0.717, 1.165) is 18.6 Å². The Morgan fingerprint density at radius 2 is 2.56 bits per heavy atom. The zero-order valence-electron chi connectivity index (χ0n) is 9.29. The summed E-state index contributed by atoms with van der Waals surface area (Å²) in [6.07, 6.45) is 0.975. The van der Waals surface area contributed by atoms with Crippen molar-refractivity contribution in [2.24, 2.45) is 0 Å². The molecule has 16 heavy (non-hydrogen) atoms. The Labute approximate surface area is 98.8 Å². The zero-order chi connectivity index (χ0) is 11.5. The largest absolute Gasteiger partial charge is 0.390 e. The summed E-state index contributed by atoms with van der Waals surface area (Å²) in [5.74, 6) is 0.259. The molecule has 1 aliphatic rings. The molecule has 1 aliphatic heterocycles. The molecule has 1 saturated heterocycles. The molecule has 1 fully saturated rings. The number of carbonyl (C=O) groups excluding carboxylic acids is 1. The van der Waals surface area contributed by atoms with E-state index in [4.69, 9.17) is 10.5 Å². The molecule has 0 aromatic carbocycles. The van der Waals surface area contributed by atoms with Gasteiger partial charge in [-0.2, -0.15) is 0 Å². The number of amides is 1. The highest BCUT2D eigenvalue weighted by atomic mass is 32.1. The van der Waals surface area contributed by atoms with E-state index in [1.54, 1.807) is 0 Å². The summed E-state index contributed by atoms with van der Waals surface area (Å²) in [5.41, 5.74) is 7.56. The number of thiophene rings is 1. The second-order valence-electron chi connectivity index (χ2n) is 3.85. The zero-order valence-corrected chi connectivity index (χ0v) is 10.1. The number of hydrogen-bond donors (Lipinski definition) is 2. The highest BCUT2D eigenvalue weighted by Gasteiger charge is 2.26. The van der Waals surface area contributed by atoms with Gasteiger partial charge in [-0.1, -0.05) is 0 Å². The standard InChI is InChI=1S/C11H16N2O2S/c1-2-13-11(14)9-8(6-16-10(9)12)7-3-4-15-5-7/h6-7H,2-5,12H2,1H3,(H,13,14). The molecule has 5 heteroatoms. The molecule has 1 aromatic rings. The summed E-state index contributed by atoms with van der Waals surface area (Å²) >= 11 is 1.43. The average molecular weight is 240 g/mol. The van der Waals surface area contributed by atoms with Gasteiger partial charge in [-0.3, -0.25) is 4.79 Å². The van der Waals surface area contributed by atoms with Crippen LogP contribution < -0.4 is 11.1 Å². The van der Waals surface area contributed by atoms with Crippen molar-refractivity contribution < 1.29 is 9.53 Å². The van der Waals surface area contributed by atoms with E-state index in [-0.39, 0.29) is 5.91 Å². The van der Waals surface area contributed by atoms with Gasteiger partial charge in [0.05, 0.1) is 17.2 Å². The first-order valence-corrected chi connectivity index (χ1v) is 6.34. The number of nitrogens with two attached hydrogens (primary N) is 1. The molecule has 88 valence electrons. The van der Waals surface area contributed by atoms with Gasteiger partial charge in [0.2, 0.25) is 0 Å². The van der Waals surface area contributed by atoms with Crippen LogP contribution in [0.3, 0.4) is 0 Å². The van der Waals surface area contributed by atoms with Gasteiger partial charge in [0.1, 0.15) is 0 Å². The Bertz CT molecular complexity index is 383. The monoisotopic (exact) mass is 240 g/mol. The van der Waals surface area contributed by atoms with Gasteiger partial charge in [-0.05, 0) is 24.3 Å². The minimum absolute atomic E-state index is 0.0665. The van der Waals surface area contributed by atoms with Crippen molar-refractivity contribution >= 4 is 22.2 Å². The molecule has 0 saturated carbocycles. The normalized spacial score (nSPS) is 19.9. The van der Waals surface area contributed by atoms with E-state index in [0.29, 0.717) is 29.6 Å². The quantitative estimate of drug-likeness (QED) is 0.843. The van der Waals surface area contributed by atoms with E-state index in [1.807, 2.05) is 12.3 Å². The van der Waals surface area contributed by atoms with Crippen LogP contribution in [0, 0.1) is 0 Å². The lowest BCUT2D eigenvalue weighted by Crippen LogP contribution is -2.24. The van der Waals surface area contributed by atoms with Crippen LogP contribution in [0.15, 0.2) is 5.38 Å². The average Bonchev–Trinajstić information content (AvgIpc) is 2.86. The summed E-state index contributed by atoms with van der Waals surface area (Å²) in [4.78, 5) is 11.9. The van der Waals surface area contributed by atoms with Crippen LogP contribution in [-0.4, -0.2) is 25.7 Å². The van der Waals surface area contributed by atoms with Crippen molar-refractivity contribution in [1.82, 2.24) is 5.32 Å². The predicted octanol–water partition coefficient (Wildman–Crippen LogP) is 1.58. The maximum Gasteiger partial charge on any atom is 0.254 e. The lowest BCUT2D eigenvalue weighted by Gasteiger charge is -2.09. The van der Waals surface area contributed by atoms with Crippen LogP contribution in [0.2, 0.25) is 0 Å². The minimum Gasteiger partial charge on any atom is -0.390 e. The van der Waals surface area contributed by atoms with Gasteiger partial charge in [0.25, 0.3) is 5.91 Å². The maximum absolute atomic E-state index is 11.9. The summed E-state index contributed by atoms with van der Waals surface area (Å²) in [6.45, 7) is 3.99. The molecule has 2 heterocycles. The van der Waals surface area contributed by atoms with Gasteiger partial charge in [0.15, 0.2) is 0 Å². The van der Waals surface area contributed by atoms with Crippen molar-refractivity contribution in [1.29, 1.82) is 0 Å². The first kappa shape index (κ1) is 11.4. The first-order chi connectivity index (χ1) is 7.74. The Balaban J connectivity index is 2.27. The van der Waals surface area contributed by atoms with Crippen LogP contribution in [0.4, 0.5) is 5.00 Å². The summed E-state index contributed by atoms with van der Waals surface area (Å²) in [7, 11) is 0. The van der Waals surface area contributed by atoms with Gasteiger partial charge in [0, 0.05) is 19.1 Å². The molecular formula is C11H16N2O2S. The third-order valence-corrected chi connectivity index (χ3v) is 3.61. The van der Waals surface area contributed by atoms with Crippen molar-refractivity contribution in [2.75, 3.05) is 25.5 Å². The fourth-order valence-electron chi connectivity index (χ4n) is 1.96. The van der Waals surface area contributed by atoms with Gasteiger partial charge < -0.3 is 15.8 Å². The SMILES string of the molecule is CCNC(=O)c1c(C2CCOC2)csc1N. The first-order valence-electron chi connectivity index (χ1n) is 5.46. The van der Waals surface area contributed by atoms with Crippen molar-refractivity contribution in [3.63, 3.8) is 0 Å². The van der Waals surface area contributed by atoms with E-state index < -0.39 is 0 Å². The fourth-order valence-corrected chi connectivity index (χ4v) is 2.85. The highest BCUT2D eigenvalue weighted by Crippen LogP contribution is 2.34. The number of nitrogens with one attached hydrogen (secondary N) is 1. The number of rotatable bonds is 3. The third-order valence-electron chi connectivity index (χ3n) is 2.78. The third kappa shape index (κ3) is 2.05. The molecule has 2 rings (SSSR count). The molecule has 3 N–H and O–H groups in total. The summed E-state index contributed by atoms with van der Waals surface area (Å²) in [5, 5.41) is 5.39. The molecule has 1 amide bonds. The van der Waals surface area contributed by atoms with E-state index in [2.05, 4.69) is 5.32 Å². The van der Waals surface area contributed by atoms with Crippen LogP contribution >= 0.6 is 11.3 Å². The van der Waals surface area contributed by atoms with E-state index in [1.165, 1.54) is 11.3 Å². The number of nitrogen functional groups attached to an aromatic ring is 1. The fraction of sp³-hybridized carbons (Fsp3) is 0.545. The molecule has 0 aliphatic carbocycles. The van der Waals surface area contributed by atoms with Crippen molar-refractivity contribution in [3.8, 4) is 0 Å². The molecule has 1 atom stereocenters. The molecule has 0 bridgehead atoms. The Morgan fingerprint density at radius 3 is 3.19 bits per heavy atom. The maximum atomic E-state index is 11.9. The topological polar surface area (TPSA) is 64.3 Å². The molecule has 1 unspecified atom stereocenters. The number of carbonyl (C=O) groups is 1. The minimum atomic E-state index is -0.0665. The number of anilines is 1. The number of ether oxygens (including phenoxy) is 1. The summed E-state index contributed by atoms with van der Waals surface area (Å²) in [6, 6.07) is 0. The predicted molar refractivity (Wildman–Crippen MR) is 64.9 cm³/mol. The molecular weight excluding hydrogens is 224 g/mol. The van der Waals surface area contributed by atoms with Crippen molar-refractivity contribution in [2.45, 2.75) is 19.3 Å².